The summed E-state index contributed by atoms with van der Waals surface area (Å²) in [6.07, 6.45) is 3.94. The van der Waals surface area contributed by atoms with Gasteiger partial charge in [-0.05, 0) is 49.9 Å². The molecule has 0 radical (unpaired) electrons. The second-order valence-electron chi connectivity index (χ2n) is 10.3. The topological polar surface area (TPSA) is 139 Å². The van der Waals surface area contributed by atoms with Gasteiger partial charge in [0, 0.05) is 49.2 Å². The summed E-state index contributed by atoms with van der Waals surface area (Å²) < 4.78 is 10.6. The lowest BCUT2D eigenvalue weighted by Gasteiger charge is -2.28. The van der Waals surface area contributed by atoms with Crippen LogP contribution in [0.4, 0.5) is 5.95 Å². The molecule has 11 nitrogen and oxygen atoms in total. The van der Waals surface area contributed by atoms with E-state index in [1.165, 1.54) is 12.0 Å². The summed E-state index contributed by atoms with van der Waals surface area (Å²) >= 11 is 6.47. The minimum atomic E-state index is -0.893. The highest BCUT2D eigenvalue weighted by atomic mass is 35.5. The lowest BCUT2D eigenvalue weighted by Crippen LogP contribution is -2.47. The highest BCUT2D eigenvalue weighted by molar-refractivity contribution is 6.33. The molecule has 2 aromatic heterocycles. The first kappa shape index (κ1) is 28.7. The van der Waals surface area contributed by atoms with Gasteiger partial charge in [-0.1, -0.05) is 23.7 Å². The molecule has 2 amide bonds. The number of amides is 2. The number of nitrogens with zero attached hydrogens (tertiary/aromatic N) is 4. The van der Waals surface area contributed by atoms with Gasteiger partial charge in [0.25, 0.3) is 5.91 Å². The quantitative estimate of drug-likeness (QED) is 0.347. The normalized spacial score (nSPS) is 17.5. The van der Waals surface area contributed by atoms with Crippen LogP contribution in [0.2, 0.25) is 5.02 Å². The van der Waals surface area contributed by atoms with Gasteiger partial charge in [0.1, 0.15) is 6.04 Å². The summed E-state index contributed by atoms with van der Waals surface area (Å²) in [5, 5.41) is 17.0. The summed E-state index contributed by atoms with van der Waals surface area (Å²) in [5.41, 5.74) is 3.13. The van der Waals surface area contributed by atoms with Crippen molar-refractivity contribution in [1.29, 1.82) is 0 Å². The molecule has 3 N–H and O–H groups in total. The second-order valence-corrected chi connectivity index (χ2v) is 10.7. The van der Waals surface area contributed by atoms with E-state index >= 15 is 0 Å². The number of aliphatic hydroxyl groups excluding tert-OH is 1. The zero-order chi connectivity index (χ0) is 29.1. The van der Waals surface area contributed by atoms with E-state index in [-0.39, 0.29) is 18.5 Å². The number of hydrogen-bond donors (Lipinski definition) is 3. The van der Waals surface area contributed by atoms with Gasteiger partial charge < -0.3 is 30.1 Å². The van der Waals surface area contributed by atoms with E-state index in [0.717, 1.165) is 18.4 Å². The smallest absolute Gasteiger partial charge is 0.255 e. The van der Waals surface area contributed by atoms with Gasteiger partial charge in [0.05, 0.1) is 36.2 Å². The van der Waals surface area contributed by atoms with Gasteiger partial charge in [-0.25, -0.2) is 15.0 Å². The first-order valence-electron chi connectivity index (χ1n) is 13.5. The Bertz CT molecular complexity index is 1430. The maximum absolute atomic E-state index is 13.5. The number of fused-ring (bicyclic) bond motifs is 1. The predicted molar refractivity (Wildman–Crippen MR) is 153 cm³/mol. The number of nitrogens with one attached hydrogen (secondary N) is 2. The Balaban J connectivity index is 1.31. The van der Waals surface area contributed by atoms with Crippen LogP contribution in [0.5, 0.6) is 5.88 Å². The van der Waals surface area contributed by atoms with E-state index in [4.69, 9.17) is 21.1 Å². The van der Waals surface area contributed by atoms with Gasteiger partial charge in [-0.2, -0.15) is 0 Å². The summed E-state index contributed by atoms with van der Waals surface area (Å²) in [6.45, 7) is 4.91. The molecule has 3 atom stereocenters. The first-order valence-corrected chi connectivity index (χ1v) is 13.9. The van der Waals surface area contributed by atoms with Crippen LogP contribution in [-0.4, -0.2) is 75.3 Å². The lowest BCUT2D eigenvalue weighted by molar-refractivity contribution is -0.126. The molecule has 0 aliphatic carbocycles. The van der Waals surface area contributed by atoms with Crippen LogP contribution < -0.4 is 15.4 Å². The van der Waals surface area contributed by atoms with E-state index in [1.54, 1.807) is 44.4 Å². The second kappa shape index (κ2) is 12.4. The standard InChI is InChI=1S/C29H33ClN6O5/c1-16(27(38)34-25(17(2)37)19-6-9-31-24(13-19)40-3)36-15-20-5-4-18(12-22(20)28(36)39)26-23(30)14-32-29(35-26)33-21-7-10-41-11-8-21/h4-6,9,12-14,16-17,21,25,37H,7-8,10-11,15H2,1-3H3,(H,34,38)(H,32,33,35)/t16-,17+,25-/m1/s1. The maximum Gasteiger partial charge on any atom is 0.255 e. The highest BCUT2D eigenvalue weighted by Crippen LogP contribution is 2.33. The minimum Gasteiger partial charge on any atom is -0.481 e. The fraction of sp³-hybridized carbons (Fsp3) is 0.414. The number of hydrogen-bond acceptors (Lipinski definition) is 9. The molecule has 1 aromatic carbocycles. The summed E-state index contributed by atoms with van der Waals surface area (Å²) in [7, 11) is 1.49. The number of aliphatic hydroxyl groups is 1. The highest BCUT2D eigenvalue weighted by Gasteiger charge is 2.35. The molecule has 1 fully saturated rings. The first-order chi connectivity index (χ1) is 19.7. The van der Waals surface area contributed by atoms with Crippen molar-refractivity contribution in [3.05, 3.63) is 64.4 Å². The molecule has 0 saturated carbocycles. The molecular weight excluding hydrogens is 548 g/mol. The number of carbonyl (C=O) groups is 2. The van der Waals surface area contributed by atoms with Crippen LogP contribution in [0.25, 0.3) is 11.3 Å². The summed E-state index contributed by atoms with van der Waals surface area (Å²) in [4.78, 5) is 41.3. The van der Waals surface area contributed by atoms with Crippen LogP contribution >= 0.6 is 11.6 Å². The monoisotopic (exact) mass is 580 g/mol. The molecule has 216 valence electrons. The van der Waals surface area contributed by atoms with Gasteiger partial charge in [0.2, 0.25) is 17.7 Å². The summed E-state index contributed by atoms with van der Waals surface area (Å²) in [5.74, 6) is 0.173. The van der Waals surface area contributed by atoms with E-state index < -0.39 is 24.1 Å². The van der Waals surface area contributed by atoms with E-state index in [1.807, 2.05) is 12.1 Å². The fourth-order valence-electron chi connectivity index (χ4n) is 5.07. The molecular formula is C29H33ClN6O5. The number of carbonyl (C=O) groups excluding carboxylic acids is 2. The molecule has 3 aromatic rings. The van der Waals surface area contributed by atoms with Crippen molar-refractivity contribution in [3.8, 4) is 17.1 Å². The van der Waals surface area contributed by atoms with Crippen LogP contribution in [0.3, 0.4) is 0 Å². The van der Waals surface area contributed by atoms with Crippen molar-refractivity contribution in [3.63, 3.8) is 0 Å². The Morgan fingerprint density at radius 3 is 2.71 bits per heavy atom. The van der Waals surface area contributed by atoms with Gasteiger partial charge in [0.15, 0.2) is 0 Å². The van der Waals surface area contributed by atoms with Crippen LogP contribution in [-0.2, 0) is 16.1 Å². The molecule has 2 aliphatic rings. The van der Waals surface area contributed by atoms with Crippen molar-refractivity contribution in [2.24, 2.45) is 0 Å². The molecule has 2 aliphatic heterocycles. The van der Waals surface area contributed by atoms with E-state index in [0.29, 0.717) is 52.4 Å². The zero-order valence-corrected chi connectivity index (χ0v) is 23.9. The number of ether oxygens (including phenoxy) is 2. The lowest BCUT2D eigenvalue weighted by atomic mass is 10.0. The third-order valence-corrected chi connectivity index (χ3v) is 7.74. The van der Waals surface area contributed by atoms with Gasteiger partial charge >= 0.3 is 0 Å². The molecule has 0 unspecified atom stereocenters. The number of benzene rings is 1. The van der Waals surface area contributed by atoms with Crippen molar-refractivity contribution in [2.75, 3.05) is 25.6 Å². The third-order valence-electron chi connectivity index (χ3n) is 7.47. The number of pyridine rings is 1. The molecule has 41 heavy (non-hydrogen) atoms. The SMILES string of the molecule is COc1cc([C@H](NC(=O)[C@@H](C)N2Cc3ccc(-c4nc(NC5CCOCC5)ncc4Cl)cc3C2=O)[C@H](C)O)ccn1. The van der Waals surface area contributed by atoms with E-state index in [9.17, 15) is 14.7 Å². The van der Waals surface area contributed by atoms with E-state index in [2.05, 4.69) is 25.6 Å². The maximum atomic E-state index is 13.5. The van der Waals surface area contributed by atoms with Crippen molar-refractivity contribution >= 4 is 29.4 Å². The fourth-order valence-corrected chi connectivity index (χ4v) is 5.28. The zero-order valence-electron chi connectivity index (χ0n) is 23.1. The number of rotatable bonds is 9. The van der Waals surface area contributed by atoms with Crippen molar-refractivity contribution in [1.82, 2.24) is 25.2 Å². The molecule has 12 heteroatoms. The number of aromatic nitrogens is 3. The van der Waals surface area contributed by atoms with Gasteiger partial charge in [-0.3, -0.25) is 9.59 Å². The molecule has 4 heterocycles. The molecule has 5 rings (SSSR count). The molecule has 1 saturated heterocycles. The largest absolute Gasteiger partial charge is 0.481 e. The number of halogens is 1. The van der Waals surface area contributed by atoms with Crippen LogP contribution in [0.1, 0.15) is 54.2 Å². The van der Waals surface area contributed by atoms with Crippen molar-refractivity contribution < 1.29 is 24.2 Å². The number of anilines is 1. The minimum absolute atomic E-state index is 0.217. The Labute approximate surface area is 243 Å². The average Bonchev–Trinajstić information content (AvgIpc) is 3.32. The Morgan fingerprint density at radius 1 is 1.20 bits per heavy atom. The Morgan fingerprint density at radius 2 is 1.98 bits per heavy atom. The Hall–Kier alpha value is -3.80. The van der Waals surface area contributed by atoms with Crippen molar-refractivity contribution in [2.45, 2.75) is 57.5 Å². The van der Waals surface area contributed by atoms with Crippen LogP contribution in [0, 0.1) is 0 Å². The Kier molecular flexibility index (Phi) is 8.67. The molecule has 0 bridgehead atoms. The number of methoxy groups -OCH3 is 1. The van der Waals surface area contributed by atoms with Crippen LogP contribution in [0.15, 0.2) is 42.7 Å². The summed E-state index contributed by atoms with van der Waals surface area (Å²) in [6, 6.07) is 7.56. The molecule has 0 spiro atoms. The van der Waals surface area contributed by atoms with Gasteiger partial charge in [-0.15, -0.1) is 0 Å². The third kappa shape index (κ3) is 6.27. The average molecular weight is 581 g/mol. The predicted octanol–water partition coefficient (Wildman–Crippen LogP) is 3.37.